The lowest BCUT2D eigenvalue weighted by atomic mass is 9.47. The maximum atomic E-state index is 13.4. The Labute approximate surface area is 203 Å². The number of nitrogens with zero attached hydrogens (tertiary/aromatic N) is 1. The maximum absolute atomic E-state index is 13.4. The molecule has 2 heterocycles. The Balaban J connectivity index is 1.39. The lowest BCUT2D eigenvalue weighted by Crippen LogP contribution is -2.63. The van der Waals surface area contributed by atoms with E-state index >= 15 is 0 Å². The van der Waals surface area contributed by atoms with Crippen LogP contribution in [0.15, 0.2) is 46.6 Å². The highest BCUT2D eigenvalue weighted by Crippen LogP contribution is 2.70. The summed E-state index contributed by atoms with van der Waals surface area (Å²) in [5, 5.41) is 22.8. The van der Waals surface area contributed by atoms with Crippen LogP contribution in [0.4, 0.5) is 0 Å². The lowest BCUT2D eigenvalue weighted by molar-refractivity contribution is -0.234. The van der Waals surface area contributed by atoms with Gasteiger partial charge in [-0.05, 0) is 49.3 Å². The van der Waals surface area contributed by atoms with Gasteiger partial charge in [-0.3, -0.25) is 19.2 Å². The number of furan rings is 1. The molecule has 6 rings (SSSR count). The molecule has 4 aliphatic carbocycles. The first-order valence-corrected chi connectivity index (χ1v) is 12.4. The van der Waals surface area contributed by atoms with Crippen LogP contribution >= 0.6 is 0 Å². The molecule has 2 N–H and O–H groups in total. The average Bonchev–Trinajstić information content (AvgIpc) is 3.54. The molecule has 0 aromatic carbocycles. The van der Waals surface area contributed by atoms with Gasteiger partial charge in [0.15, 0.2) is 22.9 Å². The van der Waals surface area contributed by atoms with Crippen LogP contribution < -0.4 is 0 Å². The first-order chi connectivity index (χ1) is 16.7. The van der Waals surface area contributed by atoms with E-state index in [2.05, 4.69) is 13.0 Å². The lowest BCUT2D eigenvalue weighted by Gasteiger charge is -2.59. The van der Waals surface area contributed by atoms with Crippen molar-refractivity contribution in [2.24, 2.45) is 34.5 Å². The molecular formula is C27H31NO7. The highest BCUT2D eigenvalue weighted by Gasteiger charge is 2.75. The molecule has 1 amide bonds. The summed E-state index contributed by atoms with van der Waals surface area (Å²) in [4.78, 5) is 44.8. The molecule has 0 bridgehead atoms. The summed E-state index contributed by atoms with van der Waals surface area (Å²) >= 11 is 0. The minimum absolute atomic E-state index is 0.0536. The number of rotatable bonds is 3. The molecule has 1 saturated heterocycles. The second-order valence-electron chi connectivity index (χ2n) is 11.4. The highest BCUT2D eigenvalue weighted by atomic mass is 16.7. The fraction of sp³-hybridized carbons (Fsp3) is 0.593. The van der Waals surface area contributed by atoms with Crippen LogP contribution in [0.25, 0.3) is 0 Å². The molecular weight excluding hydrogens is 450 g/mol. The number of hydrogen-bond acceptors (Lipinski definition) is 7. The summed E-state index contributed by atoms with van der Waals surface area (Å²) in [6, 6.07) is 3.17. The summed E-state index contributed by atoms with van der Waals surface area (Å²) in [6.07, 6.45) is 8.50. The van der Waals surface area contributed by atoms with E-state index in [9.17, 15) is 24.6 Å². The number of allylic oxidation sites excluding steroid dienone is 4. The fourth-order valence-corrected chi connectivity index (χ4v) is 8.54. The van der Waals surface area contributed by atoms with E-state index < -0.39 is 40.8 Å². The van der Waals surface area contributed by atoms with Gasteiger partial charge in [-0.2, -0.15) is 0 Å². The van der Waals surface area contributed by atoms with Gasteiger partial charge in [0.2, 0.25) is 0 Å². The van der Waals surface area contributed by atoms with Crippen molar-refractivity contribution in [3.8, 4) is 0 Å². The topological polar surface area (TPSA) is 117 Å². The summed E-state index contributed by atoms with van der Waals surface area (Å²) < 4.78 is 5.26. The predicted molar refractivity (Wildman–Crippen MR) is 123 cm³/mol. The SMILES string of the molecule is C[C@]12C=CC(=O)CC1=CC[C@@H]1[C@@H]2[C@@H](O)C[C@@]2(C)[C@H]1C[C@H]1CN(C(=O)c3ccco3)O[C@]12C(=O)CO. The van der Waals surface area contributed by atoms with E-state index in [0.717, 1.165) is 12.0 Å². The van der Waals surface area contributed by atoms with Crippen LogP contribution in [-0.4, -0.2) is 57.6 Å². The smallest absolute Gasteiger partial charge is 0.313 e. The molecule has 1 aromatic heterocycles. The molecule has 8 atom stereocenters. The fourth-order valence-electron chi connectivity index (χ4n) is 8.54. The number of carbonyl (C=O) groups excluding carboxylic acids is 3. The number of fused-ring (bicyclic) bond motifs is 7. The average molecular weight is 482 g/mol. The number of aliphatic hydroxyl groups is 2. The predicted octanol–water partition coefficient (Wildman–Crippen LogP) is 2.47. The van der Waals surface area contributed by atoms with Crippen molar-refractivity contribution in [2.75, 3.05) is 13.2 Å². The number of ketones is 2. The van der Waals surface area contributed by atoms with E-state index in [1.807, 2.05) is 13.0 Å². The largest absolute Gasteiger partial charge is 0.459 e. The van der Waals surface area contributed by atoms with Crippen LogP contribution in [0.1, 0.15) is 50.1 Å². The zero-order valence-electron chi connectivity index (χ0n) is 20.0. The third-order valence-corrected chi connectivity index (χ3v) is 9.96. The van der Waals surface area contributed by atoms with Gasteiger partial charge in [-0.1, -0.05) is 31.6 Å². The Morgan fingerprint density at radius 2 is 2.09 bits per heavy atom. The Morgan fingerprint density at radius 1 is 1.29 bits per heavy atom. The quantitative estimate of drug-likeness (QED) is 0.637. The number of aliphatic hydroxyl groups excluding tert-OH is 2. The molecule has 0 unspecified atom stereocenters. The summed E-state index contributed by atoms with van der Waals surface area (Å²) in [5.41, 5.74) is -1.51. The number of hydrogen-bond donors (Lipinski definition) is 2. The number of hydroxylamine groups is 2. The van der Waals surface area contributed by atoms with E-state index in [0.29, 0.717) is 19.3 Å². The van der Waals surface area contributed by atoms with Crippen LogP contribution in [0.2, 0.25) is 0 Å². The van der Waals surface area contributed by atoms with Crippen molar-refractivity contribution in [1.29, 1.82) is 0 Å². The highest BCUT2D eigenvalue weighted by molar-refractivity contribution is 5.94. The zero-order valence-corrected chi connectivity index (χ0v) is 20.0. The third kappa shape index (κ3) is 2.81. The molecule has 8 heteroatoms. The van der Waals surface area contributed by atoms with Gasteiger partial charge in [0.25, 0.3) is 0 Å². The summed E-state index contributed by atoms with van der Waals surface area (Å²) in [5.74, 6) is -0.943. The van der Waals surface area contributed by atoms with Crippen LogP contribution in [0, 0.1) is 34.5 Å². The molecule has 186 valence electrons. The Bertz CT molecular complexity index is 1150. The van der Waals surface area contributed by atoms with Gasteiger partial charge in [-0.25, -0.2) is 5.06 Å². The Hall–Kier alpha value is -2.55. The summed E-state index contributed by atoms with van der Waals surface area (Å²) in [7, 11) is 0. The van der Waals surface area contributed by atoms with Gasteiger partial charge < -0.3 is 14.6 Å². The van der Waals surface area contributed by atoms with Crippen molar-refractivity contribution < 1.29 is 33.9 Å². The van der Waals surface area contributed by atoms with E-state index in [4.69, 9.17) is 9.25 Å². The van der Waals surface area contributed by atoms with Crippen LogP contribution in [0.3, 0.4) is 0 Å². The monoisotopic (exact) mass is 481 g/mol. The molecule has 2 saturated carbocycles. The second-order valence-corrected chi connectivity index (χ2v) is 11.4. The van der Waals surface area contributed by atoms with Crippen molar-refractivity contribution in [1.82, 2.24) is 5.06 Å². The minimum Gasteiger partial charge on any atom is -0.459 e. The van der Waals surface area contributed by atoms with Crippen molar-refractivity contribution >= 4 is 17.5 Å². The molecule has 8 nitrogen and oxygen atoms in total. The number of amides is 1. The third-order valence-electron chi connectivity index (χ3n) is 9.96. The minimum atomic E-state index is -1.40. The molecule has 0 spiro atoms. The molecule has 35 heavy (non-hydrogen) atoms. The van der Waals surface area contributed by atoms with Gasteiger partial charge in [0, 0.05) is 29.1 Å². The molecule has 5 aliphatic rings. The van der Waals surface area contributed by atoms with Crippen molar-refractivity contribution in [2.45, 2.75) is 51.2 Å². The van der Waals surface area contributed by atoms with E-state index in [1.165, 1.54) is 11.3 Å². The number of carbonyl (C=O) groups is 3. The Morgan fingerprint density at radius 3 is 2.80 bits per heavy atom. The first kappa shape index (κ1) is 22.9. The van der Waals surface area contributed by atoms with Gasteiger partial charge in [-0.15, -0.1) is 0 Å². The van der Waals surface area contributed by atoms with Gasteiger partial charge >= 0.3 is 5.91 Å². The van der Waals surface area contributed by atoms with E-state index in [-0.39, 0.29) is 41.8 Å². The van der Waals surface area contributed by atoms with Crippen LogP contribution in [0.5, 0.6) is 0 Å². The van der Waals surface area contributed by atoms with E-state index in [1.54, 1.807) is 18.2 Å². The van der Waals surface area contributed by atoms with Gasteiger partial charge in [0.1, 0.15) is 6.61 Å². The number of Topliss-reactive ketones (excluding diaryl/α,β-unsaturated/α-hetero) is 1. The molecule has 1 aromatic rings. The summed E-state index contributed by atoms with van der Waals surface area (Å²) in [6.45, 7) is 3.61. The maximum Gasteiger partial charge on any atom is 0.313 e. The zero-order chi connectivity index (χ0) is 24.8. The van der Waals surface area contributed by atoms with Crippen LogP contribution in [-0.2, 0) is 14.4 Å². The Kier molecular flexibility index (Phi) is 4.89. The molecule has 0 radical (unpaired) electrons. The first-order valence-electron chi connectivity index (χ1n) is 12.4. The molecule has 3 fully saturated rings. The standard InChI is InChI=1S/C27H31NO7/c1-25-8-7-17(30)10-15(25)5-6-18-19-11-16-13-28(24(33)21-4-3-9-34-21)35-27(16,22(32)14-29)26(19,2)12-20(31)23(18)25/h3-5,7-9,16,18-20,23,29,31H,6,10-14H2,1-2H3/t16-,18-,19-,20-,23+,25-,26-,27-/m0/s1. The normalized spacial score (nSPS) is 43.8. The second kappa shape index (κ2) is 7.48. The molecule has 1 aliphatic heterocycles. The van der Waals surface area contributed by atoms with Crippen molar-refractivity contribution in [3.05, 3.63) is 48.0 Å². The van der Waals surface area contributed by atoms with Crippen molar-refractivity contribution in [3.63, 3.8) is 0 Å². The van der Waals surface area contributed by atoms with Gasteiger partial charge in [0.05, 0.1) is 18.9 Å².